The Morgan fingerprint density at radius 3 is 0.743 bits per heavy atom. The van der Waals surface area contributed by atoms with Crippen molar-refractivity contribution in [1.29, 1.82) is 0 Å². The summed E-state index contributed by atoms with van der Waals surface area (Å²) < 4.78 is 0. The van der Waals surface area contributed by atoms with Gasteiger partial charge in [-0.1, -0.05) is 273 Å². The first kappa shape index (κ1) is 65.1. The van der Waals surface area contributed by atoms with E-state index in [1.807, 2.05) is 0 Å². The topological polar surface area (TPSA) is 116 Å². The molecule has 8 heteroatoms. The number of amides is 4. The second kappa shape index (κ2) is 47.1. The van der Waals surface area contributed by atoms with Crippen LogP contribution in [0.1, 0.15) is 340 Å². The Bertz CT molecular complexity index is 1330. The van der Waals surface area contributed by atoms with E-state index in [9.17, 15) is 19.2 Å². The lowest BCUT2D eigenvalue weighted by atomic mass is 9.94. The second-order valence-electron chi connectivity index (χ2n) is 21.3. The van der Waals surface area contributed by atoms with E-state index in [1.54, 1.807) is 0 Å². The fourth-order valence-electron chi connectivity index (χ4n) is 9.84. The van der Waals surface area contributed by atoms with E-state index in [0.29, 0.717) is 38.0 Å². The Hall–Kier alpha value is -2.90. The quantitative estimate of drug-likeness (QED) is 0.0487. The van der Waals surface area contributed by atoms with Gasteiger partial charge in [0, 0.05) is 26.2 Å². The molecule has 0 heterocycles. The van der Waals surface area contributed by atoms with E-state index in [2.05, 4.69) is 62.8 Å². The summed E-state index contributed by atoms with van der Waals surface area (Å²) >= 11 is 0. The predicted octanol–water partition coefficient (Wildman–Crippen LogP) is 17.6. The number of nitrogens with one attached hydrogen (secondary N) is 4. The number of hydrogen-bond acceptors (Lipinski definition) is 4. The standard InChI is InChI=1S/C62H114N4O4/c1-7-13-17-19-21-23-25-27-29-31-33-35-37-39-41-43-47-63-59(67)55-49-57(61(69)65-51-53(11-5)45-15-9-3)58(62(70)66-52-54(12-6)46-16-10-4)50-56(55)60(68)64-48-44-42-40-38-36-34-32-30-28-26-24-22-20-18-14-8-2/h49-50,53-54H,7-48,51-52H2,1-6H3,(H,63,67)(H,64,68)(H,65,69)(H,66,70). The van der Waals surface area contributed by atoms with Gasteiger partial charge >= 0.3 is 0 Å². The van der Waals surface area contributed by atoms with E-state index in [4.69, 9.17) is 0 Å². The fourth-order valence-corrected chi connectivity index (χ4v) is 9.84. The highest BCUT2D eigenvalue weighted by atomic mass is 16.2. The van der Waals surface area contributed by atoms with Crippen LogP contribution < -0.4 is 21.3 Å². The van der Waals surface area contributed by atoms with Crippen molar-refractivity contribution < 1.29 is 19.2 Å². The first-order valence-electron chi connectivity index (χ1n) is 30.6. The molecule has 8 nitrogen and oxygen atoms in total. The molecule has 1 rings (SSSR count). The fraction of sp³-hybridized carbons (Fsp3) is 0.839. The minimum Gasteiger partial charge on any atom is -0.352 e. The van der Waals surface area contributed by atoms with Crippen LogP contribution in [0.25, 0.3) is 0 Å². The van der Waals surface area contributed by atoms with E-state index in [1.165, 1.54) is 179 Å². The predicted molar refractivity (Wildman–Crippen MR) is 301 cm³/mol. The summed E-state index contributed by atoms with van der Waals surface area (Å²) in [5, 5.41) is 12.4. The number of unbranched alkanes of at least 4 members (excludes halogenated alkanes) is 32. The van der Waals surface area contributed by atoms with Gasteiger partial charge in [0.25, 0.3) is 23.6 Å². The summed E-state index contributed by atoms with van der Waals surface area (Å²) in [7, 11) is 0. The molecule has 2 atom stereocenters. The normalized spacial score (nSPS) is 12.2. The molecule has 0 aliphatic carbocycles. The second-order valence-corrected chi connectivity index (χ2v) is 21.3. The first-order valence-corrected chi connectivity index (χ1v) is 30.6. The summed E-state index contributed by atoms with van der Waals surface area (Å²) in [6.45, 7) is 15.2. The molecule has 0 radical (unpaired) electrons. The van der Waals surface area contributed by atoms with Crippen LogP contribution in [0.15, 0.2) is 12.1 Å². The number of benzene rings is 1. The third-order valence-electron chi connectivity index (χ3n) is 15.0. The minimum absolute atomic E-state index is 0.145. The summed E-state index contributed by atoms with van der Waals surface area (Å²) in [6, 6.07) is 3.02. The van der Waals surface area contributed by atoms with Crippen LogP contribution in [0.5, 0.6) is 0 Å². The van der Waals surface area contributed by atoms with Crippen molar-refractivity contribution in [2.24, 2.45) is 11.8 Å². The number of carbonyl (C=O) groups is 4. The summed E-state index contributed by atoms with van der Waals surface area (Å²) in [5.41, 5.74) is 0.586. The Kier molecular flexibility index (Phi) is 43.8. The molecule has 1 aromatic carbocycles. The molecule has 0 aromatic heterocycles. The van der Waals surface area contributed by atoms with Crippen LogP contribution >= 0.6 is 0 Å². The molecule has 4 N–H and O–H groups in total. The van der Waals surface area contributed by atoms with Gasteiger partial charge in [-0.3, -0.25) is 19.2 Å². The first-order chi connectivity index (χ1) is 34.3. The Morgan fingerprint density at radius 2 is 0.514 bits per heavy atom. The van der Waals surface area contributed by atoms with E-state index >= 15 is 0 Å². The van der Waals surface area contributed by atoms with Crippen molar-refractivity contribution in [2.75, 3.05) is 26.2 Å². The monoisotopic (exact) mass is 979 g/mol. The van der Waals surface area contributed by atoms with Crippen molar-refractivity contribution in [3.05, 3.63) is 34.4 Å². The molecule has 0 saturated carbocycles. The zero-order valence-corrected chi connectivity index (χ0v) is 47.1. The Morgan fingerprint density at radius 1 is 0.300 bits per heavy atom. The van der Waals surface area contributed by atoms with Crippen LogP contribution in [-0.4, -0.2) is 49.8 Å². The Labute approximate surface area is 433 Å². The zero-order valence-electron chi connectivity index (χ0n) is 47.1. The molecule has 2 unspecified atom stereocenters. The zero-order chi connectivity index (χ0) is 51.1. The smallest absolute Gasteiger partial charge is 0.252 e. The maximum Gasteiger partial charge on any atom is 0.252 e. The SMILES string of the molecule is CCCCCCCCCCCCCCCCCCNC(=O)c1cc(C(=O)NCC(CC)CCCC)c(C(=O)NCC(CC)CCCC)cc1C(=O)NCCCCCCCCCCCCCCCCCC. The van der Waals surface area contributed by atoms with Gasteiger partial charge in [0.2, 0.25) is 0 Å². The molecular weight excluding hydrogens is 865 g/mol. The molecule has 1 aromatic rings. The van der Waals surface area contributed by atoms with Gasteiger partial charge in [-0.05, 0) is 49.7 Å². The lowest BCUT2D eigenvalue weighted by Gasteiger charge is -2.20. The van der Waals surface area contributed by atoms with Crippen molar-refractivity contribution in [3.8, 4) is 0 Å². The molecule has 0 bridgehead atoms. The molecule has 70 heavy (non-hydrogen) atoms. The van der Waals surface area contributed by atoms with Crippen molar-refractivity contribution in [1.82, 2.24) is 21.3 Å². The van der Waals surface area contributed by atoms with Gasteiger partial charge in [-0.15, -0.1) is 0 Å². The highest BCUT2D eigenvalue weighted by Crippen LogP contribution is 2.22. The molecule has 0 fully saturated rings. The molecule has 0 saturated heterocycles. The van der Waals surface area contributed by atoms with Crippen molar-refractivity contribution in [2.45, 2.75) is 298 Å². The third-order valence-corrected chi connectivity index (χ3v) is 15.0. The molecule has 0 aliphatic rings. The van der Waals surface area contributed by atoms with Crippen LogP contribution in [0, 0.1) is 11.8 Å². The Balaban J connectivity index is 2.96. The minimum atomic E-state index is -0.384. The molecule has 0 aliphatic heterocycles. The van der Waals surface area contributed by atoms with Gasteiger partial charge in [0.15, 0.2) is 0 Å². The van der Waals surface area contributed by atoms with Gasteiger partial charge in [0.1, 0.15) is 0 Å². The van der Waals surface area contributed by atoms with Crippen molar-refractivity contribution in [3.63, 3.8) is 0 Å². The average molecular weight is 980 g/mol. The van der Waals surface area contributed by atoms with Crippen LogP contribution in [0.4, 0.5) is 0 Å². The molecule has 4 amide bonds. The van der Waals surface area contributed by atoms with Gasteiger partial charge in [-0.2, -0.15) is 0 Å². The lowest BCUT2D eigenvalue weighted by Crippen LogP contribution is -2.36. The summed E-state index contributed by atoms with van der Waals surface area (Å²) in [6.07, 6.45) is 49.4. The number of carbonyl (C=O) groups excluding carboxylic acids is 4. The van der Waals surface area contributed by atoms with E-state index in [-0.39, 0.29) is 45.9 Å². The van der Waals surface area contributed by atoms with Crippen LogP contribution in [-0.2, 0) is 0 Å². The summed E-state index contributed by atoms with van der Waals surface area (Å²) in [4.78, 5) is 56.4. The van der Waals surface area contributed by atoms with Crippen LogP contribution in [0.3, 0.4) is 0 Å². The van der Waals surface area contributed by atoms with E-state index in [0.717, 1.165) is 89.9 Å². The third kappa shape index (κ3) is 33.7. The molecule has 406 valence electrons. The number of rotatable bonds is 50. The highest BCUT2D eigenvalue weighted by Gasteiger charge is 2.27. The van der Waals surface area contributed by atoms with E-state index < -0.39 is 0 Å². The van der Waals surface area contributed by atoms with Gasteiger partial charge < -0.3 is 21.3 Å². The summed E-state index contributed by atoms with van der Waals surface area (Å²) in [5.74, 6) is -0.886. The lowest BCUT2D eigenvalue weighted by molar-refractivity contribution is 0.0903. The molecular formula is C62H114N4O4. The van der Waals surface area contributed by atoms with Crippen LogP contribution in [0.2, 0.25) is 0 Å². The maximum atomic E-state index is 14.1. The molecule has 0 spiro atoms. The number of hydrogen-bond donors (Lipinski definition) is 4. The average Bonchev–Trinajstić information content (AvgIpc) is 3.37. The van der Waals surface area contributed by atoms with Crippen molar-refractivity contribution >= 4 is 23.6 Å². The van der Waals surface area contributed by atoms with Gasteiger partial charge in [-0.25, -0.2) is 0 Å². The highest BCUT2D eigenvalue weighted by molar-refractivity contribution is 6.14. The maximum absolute atomic E-state index is 14.1. The van der Waals surface area contributed by atoms with Gasteiger partial charge in [0.05, 0.1) is 22.3 Å². The largest absolute Gasteiger partial charge is 0.352 e.